The first-order valence-electron chi connectivity index (χ1n) is 8.11. The summed E-state index contributed by atoms with van der Waals surface area (Å²) >= 11 is 0. The van der Waals surface area contributed by atoms with Gasteiger partial charge in [0, 0.05) is 18.8 Å². The van der Waals surface area contributed by atoms with Crippen molar-refractivity contribution in [3.8, 4) is 11.5 Å². The van der Waals surface area contributed by atoms with Crippen molar-refractivity contribution in [2.75, 3.05) is 13.2 Å². The van der Waals surface area contributed by atoms with E-state index in [1.165, 1.54) is 24.3 Å². The van der Waals surface area contributed by atoms with Crippen LogP contribution in [0.5, 0.6) is 0 Å². The fraction of sp³-hybridized carbons (Fsp3) is 0.263. The molecule has 0 bridgehead atoms. The molecule has 0 radical (unpaired) electrons. The van der Waals surface area contributed by atoms with Gasteiger partial charge in [-0.25, -0.2) is 8.78 Å². The summed E-state index contributed by atoms with van der Waals surface area (Å²) in [4.78, 5) is 0. The predicted octanol–water partition coefficient (Wildman–Crippen LogP) is 4.11. The Labute approximate surface area is 143 Å². The average Bonchev–Trinajstić information content (AvgIpc) is 3.14. The monoisotopic (exact) mass is 342 g/mol. The highest BCUT2D eigenvalue weighted by molar-refractivity contribution is 5.52. The first-order valence-corrected chi connectivity index (χ1v) is 8.11. The standard InChI is InChI=1S/C19H16F2N2O2/c20-15-5-1-13(2-6-15)17-22-23-18(25-17)19(9-11-24-12-10-19)14-3-7-16(21)8-4-14/h1-8H,9-12H2. The molecule has 25 heavy (non-hydrogen) atoms. The summed E-state index contributed by atoms with van der Waals surface area (Å²) in [6, 6.07) is 12.3. The number of nitrogens with zero attached hydrogens (tertiary/aromatic N) is 2. The minimum atomic E-state index is -0.503. The highest BCUT2D eigenvalue weighted by Gasteiger charge is 2.41. The molecular formula is C19H16F2N2O2. The maximum absolute atomic E-state index is 13.3. The van der Waals surface area contributed by atoms with Crippen molar-refractivity contribution >= 4 is 0 Å². The van der Waals surface area contributed by atoms with E-state index in [0.717, 1.165) is 5.56 Å². The maximum atomic E-state index is 13.3. The summed E-state index contributed by atoms with van der Waals surface area (Å²) in [7, 11) is 0. The van der Waals surface area contributed by atoms with E-state index in [0.29, 0.717) is 43.4 Å². The summed E-state index contributed by atoms with van der Waals surface area (Å²) in [6.07, 6.45) is 1.34. The van der Waals surface area contributed by atoms with Gasteiger partial charge >= 0.3 is 0 Å². The van der Waals surface area contributed by atoms with E-state index in [4.69, 9.17) is 9.15 Å². The van der Waals surface area contributed by atoms with E-state index < -0.39 is 5.41 Å². The molecule has 1 aliphatic rings. The van der Waals surface area contributed by atoms with Crippen LogP contribution in [0.3, 0.4) is 0 Å². The van der Waals surface area contributed by atoms with E-state index in [1.807, 2.05) is 0 Å². The second-order valence-electron chi connectivity index (χ2n) is 6.12. The number of hydrogen-bond acceptors (Lipinski definition) is 4. The van der Waals surface area contributed by atoms with Gasteiger partial charge in [0.15, 0.2) is 0 Å². The lowest BCUT2D eigenvalue weighted by atomic mass is 9.74. The fourth-order valence-corrected chi connectivity index (χ4v) is 3.24. The van der Waals surface area contributed by atoms with E-state index in [1.54, 1.807) is 24.3 Å². The Morgan fingerprint density at radius 3 is 2.04 bits per heavy atom. The van der Waals surface area contributed by atoms with Crippen LogP contribution in [0.15, 0.2) is 52.9 Å². The Kier molecular flexibility index (Phi) is 4.05. The molecule has 6 heteroatoms. The van der Waals surface area contributed by atoms with Gasteiger partial charge in [-0.15, -0.1) is 10.2 Å². The SMILES string of the molecule is Fc1ccc(-c2nnc(C3(c4ccc(F)cc4)CCOCC3)o2)cc1. The molecule has 0 N–H and O–H groups in total. The van der Waals surface area contributed by atoms with Gasteiger partial charge in [-0.1, -0.05) is 12.1 Å². The molecule has 3 aromatic rings. The molecule has 1 aliphatic heterocycles. The van der Waals surface area contributed by atoms with Crippen molar-refractivity contribution in [2.45, 2.75) is 18.3 Å². The van der Waals surface area contributed by atoms with Crippen molar-refractivity contribution in [1.29, 1.82) is 0 Å². The minimum absolute atomic E-state index is 0.288. The summed E-state index contributed by atoms with van der Waals surface area (Å²) in [5.74, 6) is 0.198. The smallest absolute Gasteiger partial charge is 0.247 e. The van der Waals surface area contributed by atoms with Gasteiger partial charge in [-0.05, 0) is 54.8 Å². The normalized spacial score (nSPS) is 16.7. The van der Waals surface area contributed by atoms with Crippen molar-refractivity contribution in [3.05, 3.63) is 71.6 Å². The van der Waals surface area contributed by atoms with Crippen LogP contribution in [-0.4, -0.2) is 23.4 Å². The van der Waals surface area contributed by atoms with Crippen LogP contribution in [0.4, 0.5) is 8.78 Å². The molecule has 0 unspecified atom stereocenters. The lowest BCUT2D eigenvalue weighted by Gasteiger charge is -2.34. The Hall–Kier alpha value is -2.60. The number of halogens is 2. The molecule has 0 atom stereocenters. The maximum Gasteiger partial charge on any atom is 0.247 e. The summed E-state index contributed by atoms with van der Waals surface area (Å²) in [6.45, 7) is 1.12. The van der Waals surface area contributed by atoms with Gasteiger partial charge in [-0.2, -0.15) is 0 Å². The van der Waals surface area contributed by atoms with Crippen LogP contribution < -0.4 is 0 Å². The Morgan fingerprint density at radius 2 is 1.40 bits per heavy atom. The molecule has 0 aliphatic carbocycles. The number of rotatable bonds is 3. The van der Waals surface area contributed by atoms with Crippen LogP contribution in [-0.2, 0) is 10.2 Å². The third-order valence-corrected chi connectivity index (χ3v) is 4.67. The second-order valence-corrected chi connectivity index (χ2v) is 6.12. The molecule has 1 fully saturated rings. The molecule has 4 nitrogen and oxygen atoms in total. The summed E-state index contributed by atoms with van der Waals surface area (Å²) in [5.41, 5.74) is 1.07. The van der Waals surface area contributed by atoms with Crippen LogP contribution in [0.25, 0.3) is 11.5 Å². The summed E-state index contributed by atoms with van der Waals surface area (Å²) < 4.78 is 37.9. The van der Waals surface area contributed by atoms with Crippen LogP contribution in [0, 0.1) is 11.6 Å². The topological polar surface area (TPSA) is 48.2 Å². The largest absolute Gasteiger partial charge is 0.420 e. The van der Waals surface area contributed by atoms with E-state index >= 15 is 0 Å². The zero-order chi connectivity index (χ0) is 17.3. The highest BCUT2D eigenvalue weighted by atomic mass is 19.1. The summed E-state index contributed by atoms with van der Waals surface area (Å²) in [5, 5.41) is 8.38. The van der Waals surface area contributed by atoms with E-state index in [9.17, 15) is 8.78 Å². The number of aromatic nitrogens is 2. The lowest BCUT2D eigenvalue weighted by Crippen LogP contribution is -2.35. The number of ether oxygens (including phenoxy) is 1. The van der Waals surface area contributed by atoms with Gasteiger partial charge in [0.1, 0.15) is 11.6 Å². The lowest BCUT2D eigenvalue weighted by molar-refractivity contribution is 0.0546. The van der Waals surface area contributed by atoms with Gasteiger partial charge in [0.2, 0.25) is 11.8 Å². The van der Waals surface area contributed by atoms with Gasteiger partial charge < -0.3 is 9.15 Å². The Bertz CT molecular complexity index is 854. The molecule has 2 heterocycles. The molecule has 1 aromatic heterocycles. The van der Waals surface area contributed by atoms with Crippen molar-refractivity contribution in [2.24, 2.45) is 0 Å². The van der Waals surface area contributed by atoms with Gasteiger partial charge in [0.25, 0.3) is 0 Å². The molecule has 0 amide bonds. The molecule has 128 valence electrons. The highest BCUT2D eigenvalue weighted by Crippen LogP contribution is 2.41. The average molecular weight is 342 g/mol. The minimum Gasteiger partial charge on any atom is -0.420 e. The van der Waals surface area contributed by atoms with Crippen molar-refractivity contribution in [3.63, 3.8) is 0 Å². The fourth-order valence-electron chi connectivity index (χ4n) is 3.24. The molecule has 1 saturated heterocycles. The van der Waals surface area contributed by atoms with Crippen LogP contribution in [0.1, 0.15) is 24.3 Å². The second kappa shape index (κ2) is 6.37. The van der Waals surface area contributed by atoms with Crippen molar-refractivity contribution in [1.82, 2.24) is 10.2 Å². The number of hydrogen-bond donors (Lipinski definition) is 0. The van der Waals surface area contributed by atoms with E-state index in [-0.39, 0.29) is 11.6 Å². The predicted molar refractivity (Wildman–Crippen MR) is 86.9 cm³/mol. The van der Waals surface area contributed by atoms with Gasteiger partial charge in [0.05, 0.1) is 5.41 Å². The Balaban J connectivity index is 1.75. The third-order valence-electron chi connectivity index (χ3n) is 4.67. The Morgan fingerprint density at radius 1 is 0.800 bits per heavy atom. The van der Waals surface area contributed by atoms with Crippen molar-refractivity contribution < 1.29 is 17.9 Å². The molecular weight excluding hydrogens is 326 g/mol. The molecule has 0 saturated carbocycles. The quantitative estimate of drug-likeness (QED) is 0.719. The van der Waals surface area contributed by atoms with Crippen LogP contribution in [0.2, 0.25) is 0 Å². The zero-order valence-electron chi connectivity index (χ0n) is 13.4. The zero-order valence-corrected chi connectivity index (χ0v) is 13.4. The number of benzene rings is 2. The molecule has 4 rings (SSSR count). The van der Waals surface area contributed by atoms with Gasteiger partial charge in [-0.3, -0.25) is 0 Å². The third kappa shape index (κ3) is 2.93. The molecule has 0 spiro atoms. The first-order chi connectivity index (χ1) is 12.2. The molecule has 2 aromatic carbocycles. The first kappa shape index (κ1) is 15.9. The van der Waals surface area contributed by atoms with Crippen LogP contribution >= 0.6 is 0 Å². The van der Waals surface area contributed by atoms with E-state index in [2.05, 4.69) is 10.2 Å².